The number of aromatic nitrogens is 1. The summed E-state index contributed by atoms with van der Waals surface area (Å²) < 4.78 is 4.95. The number of methoxy groups -OCH3 is 1. The normalized spacial score (nSPS) is 16.0. The maximum Gasteiger partial charge on any atom is 0.254 e. The fourth-order valence-corrected chi connectivity index (χ4v) is 2.59. The summed E-state index contributed by atoms with van der Waals surface area (Å²) in [5.41, 5.74) is 1.39. The first-order valence-electron chi connectivity index (χ1n) is 8.07. The Labute approximate surface area is 150 Å². The highest BCUT2D eigenvalue weighted by atomic mass is 16.5. The lowest BCUT2D eigenvalue weighted by Gasteiger charge is -2.14. The molecule has 8 heteroatoms. The molecular formula is C18H18N4O4. The molecule has 0 radical (unpaired) electrons. The van der Waals surface area contributed by atoms with Gasteiger partial charge in [0.1, 0.15) is 6.04 Å². The van der Waals surface area contributed by atoms with Crippen LogP contribution < -0.4 is 20.7 Å². The lowest BCUT2D eigenvalue weighted by Crippen LogP contribution is -2.41. The van der Waals surface area contributed by atoms with Crippen LogP contribution in [-0.4, -0.2) is 35.9 Å². The van der Waals surface area contributed by atoms with Crippen molar-refractivity contribution in [3.05, 3.63) is 48.2 Å². The Morgan fingerprint density at radius 3 is 2.77 bits per heavy atom. The number of anilines is 2. The number of pyridine rings is 1. The van der Waals surface area contributed by atoms with Gasteiger partial charge >= 0.3 is 0 Å². The predicted octanol–water partition coefficient (Wildman–Crippen LogP) is 1.56. The minimum atomic E-state index is -0.783. The number of nitrogens with zero attached hydrogens (tertiary/aromatic N) is 1. The Morgan fingerprint density at radius 1 is 1.23 bits per heavy atom. The molecule has 3 amide bonds. The van der Waals surface area contributed by atoms with E-state index in [1.807, 2.05) is 0 Å². The van der Waals surface area contributed by atoms with Gasteiger partial charge in [-0.2, -0.15) is 0 Å². The van der Waals surface area contributed by atoms with Gasteiger partial charge in [-0.25, -0.2) is 4.98 Å². The molecule has 1 atom stereocenters. The number of benzene rings is 1. The molecule has 134 valence electrons. The van der Waals surface area contributed by atoms with Gasteiger partial charge in [0.15, 0.2) is 0 Å². The van der Waals surface area contributed by atoms with E-state index in [1.165, 1.54) is 13.3 Å². The third-order valence-electron chi connectivity index (χ3n) is 3.94. The van der Waals surface area contributed by atoms with Crippen molar-refractivity contribution in [2.24, 2.45) is 0 Å². The van der Waals surface area contributed by atoms with Gasteiger partial charge in [-0.15, -0.1) is 0 Å². The van der Waals surface area contributed by atoms with E-state index in [2.05, 4.69) is 20.9 Å². The molecule has 2 aromatic rings. The highest BCUT2D eigenvalue weighted by Gasteiger charge is 2.27. The lowest BCUT2D eigenvalue weighted by atomic mass is 10.1. The first kappa shape index (κ1) is 17.4. The number of nitrogens with one attached hydrogen (secondary N) is 3. The van der Waals surface area contributed by atoms with Crippen LogP contribution >= 0.6 is 0 Å². The molecule has 1 aromatic carbocycles. The zero-order chi connectivity index (χ0) is 18.5. The van der Waals surface area contributed by atoms with Crippen molar-refractivity contribution in [3.8, 4) is 5.88 Å². The summed E-state index contributed by atoms with van der Waals surface area (Å²) in [6.07, 6.45) is 1.73. The second-order valence-corrected chi connectivity index (χ2v) is 5.74. The van der Waals surface area contributed by atoms with Crippen LogP contribution in [0.3, 0.4) is 0 Å². The molecule has 1 unspecified atom stereocenters. The fraction of sp³-hybridized carbons (Fsp3) is 0.222. The van der Waals surface area contributed by atoms with Gasteiger partial charge in [-0.1, -0.05) is 12.1 Å². The smallest absolute Gasteiger partial charge is 0.254 e. The van der Waals surface area contributed by atoms with Crippen molar-refractivity contribution in [1.82, 2.24) is 10.3 Å². The minimum absolute atomic E-state index is 0.0702. The molecule has 0 bridgehead atoms. The fourth-order valence-electron chi connectivity index (χ4n) is 2.59. The molecule has 1 aliphatic heterocycles. The maximum absolute atomic E-state index is 12.3. The van der Waals surface area contributed by atoms with E-state index in [0.29, 0.717) is 22.8 Å². The molecule has 3 rings (SSSR count). The van der Waals surface area contributed by atoms with Gasteiger partial charge in [0.25, 0.3) is 5.91 Å². The number of hydrogen-bond donors (Lipinski definition) is 3. The van der Waals surface area contributed by atoms with Crippen LogP contribution in [0.4, 0.5) is 11.4 Å². The number of carbonyl (C=O) groups is 3. The van der Waals surface area contributed by atoms with Crippen LogP contribution in [0.5, 0.6) is 5.88 Å². The molecule has 1 aromatic heterocycles. The van der Waals surface area contributed by atoms with Crippen LogP contribution in [0.25, 0.3) is 0 Å². The molecule has 26 heavy (non-hydrogen) atoms. The number of rotatable bonds is 5. The van der Waals surface area contributed by atoms with Crippen LogP contribution in [0, 0.1) is 0 Å². The highest BCUT2D eigenvalue weighted by molar-refractivity contribution is 6.09. The third kappa shape index (κ3) is 3.97. The SMILES string of the molecule is COc1ccc(NC(=O)CCC2NC(=O)c3ccccc3NC2=O)cn1. The summed E-state index contributed by atoms with van der Waals surface area (Å²) in [7, 11) is 1.50. The molecule has 0 fully saturated rings. The van der Waals surface area contributed by atoms with E-state index < -0.39 is 6.04 Å². The Kier molecular flexibility index (Phi) is 5.12. The molecule has 8 nitrogen and oxygen atoms in total. The molecule has 0 saturated carbocycles. The predicted molar refractivity (Wildman–Crippen MR) is 95.0 cm³/mol. The van der Waals surface area contributed by atoms with Crippen LogP contribution in [0.15, 0.2) is 42.6 Å². The van der Waals surface area contributed by atoms with E-state index in [-0.39, 0.29) is 30.6 Å². The van der Waals surface area contributed by atoms with Crippen molar-refractivity contribution in [2.45, 2.75) is 18.9 Å². The molecule has 3 N–H and O–H groups in total. The number of hydrogen-bond acceptors (Lipinski definition) is 5. The maximum atomic E-state index is 12.3. The number of fused-ring (bicyclic) bond motifs is 1. The van der Waals surface area contributed by atoms with Gasteiger partial charge in [-0.05, 0) is 24.6 Å². The van der Waals surface area contributed by atoms with Crippen molar-refractivity contribution in [1.29, 1.82) is 0 Å². The first-order valence-corrected chi connectivity index (χ1v) is 8.07. The Balaban J connectivity index is 1.58. The molecule has 2 heterocycles. The molecular weight excluding hydrogens is 336 g/mol. The first-order chi connectivity index (χ1) is 12.6. The minimum Gasteiger partial charge on any atom is -0.481 e. The number of amides is 3. The molecule has 1 aliphatic rings. The molecule has 0 spiro atoms. The van der Waals surface area contributed by atoms with Gasteiger partial charge < -0.3 is 20.7 Å². The average Bonchev–Trinajstić information content (AvgIpc) is 2.77. The van der Waals surface area contributed by atoms with E-state index in [9.17, 15) is 14.4 Å². The topological polar surface area (TPSA) is 109 Å². The summed E-state index contributed by atoms with van der Waals surface area (Å²) in [4.78, 5) is 40.6. The van der Waals surface area contributed by atoms with Gasteiger partial charge in [0.2, 0.25) is 17.7 Å². The highest BCUT2D eigenvalue weighted by Crippen LogP contribution is 2.19. The van der Waals surface area contributed by atoms with Gasteiger partial charge in [0, 0.05) is 12.5 Å². The van der Waals surface area contributed by atoms with E-state index in [0.717, 1.165) is 0 Å². The van der Waals surface area contributed by atoms with Crippen molar-refractivity contribution in [3.63, 3.8) is 0 Å². The van der Waals surface area contributed by atoms with Crippen molar-refractivity contribution >= 4 is 29.1 Å². The lowest BCUT2D eigenvalue weighted by molar-refractivity contribution is -0.118. The summed E-state index contributed by atoms with van der Waals surface area (Å²) in [6.45, 7) is 0. The third-order valence-corrected chi connectivity index (χ3v) is 3.94. The zero-order valence-electron chi connectivity index (χ0n) is 14.1. The number of para-hydroxylation sites is 1. The van der Waals surface area contributed by atoms with Crippen LogP contribution in [0.2, 0.25) is 0 Å². The monoisotopic (exact) mass is 354 g/mol. The van der Waals surface area contributed by atoms with Gasteiger partial charge in [-0.3, -0.25) is 14.4 Å². The largest absolute Gasteiger partial charge is 0.481 e. The molecule has 0 saturated heterocycles. The Hall–Kier alpha value is -3.42. The standard InChI is InChI=1S/C18H18N4O4/c1-26-16-9-6-11(10-19-16)20-15(23)8-7-14-18(25)21-13-5-3-2-4-12(13)17(24)22-14/h2-6,9-10,14H,7-8H2,1H3,(H,20,23)(H,21,25)(H,22,24). The van der Waals surface area contributed by atoms with E-state index >= 15 is 0 Å². The van der Waals surface area contributed by atoms with Crippen LogP contribution in [-0.2, 0) is 9.59 Å². The van der Waals surface area contributed by atoms with Gasteiger partial charge in [0.05, 0.1) is 30.2 Å². The van der Waals surface area contributed by atoms with Crippen LogP contribution in [0.1, 0.15) is 23.2 Å². The Morgan fingerprint density at radius 2 is 2.04 bits per heavy atom. The second-order valence-electron chi connectivity index (χ2n) is 5.74. The second kappa shape index (κ2) is 7.64. The number of ether oxygens (including phenoxy) is 1. The van der Waals surface area contributed by atoms with E-state index in [4.69, 9.17) is 4.74 Å². The zero-order valence-corrected chi connectivity index (χ0v) is 14.1. The van der Waals surface area contributed by atoms with Crippen molar-refractivity contribution < 1.29 is 19.1 Å². The Bertz CT molecular complexity index is 835. The van der Waals surface area contributed by atoms with E-state index in [1.54, 1.807) is 36.4 Å². The summed E-state index contributed by atoms with van der Waals surface area (Å²) in [6, 6.07) is 9.28. The number of carbonyl (C=O) groups excluding carboxylic acids is 3. The van der Waals surface area contributed by atoms with Crippen molar-refractivity contribution in [2.75, 3.05) is 17.7 Å². The quantitative estimate of drug-likeness (QED) is 0.755. The summed E-state index contributed by atoms with van der Waals surface area (Å²) >= 11 is 0. The summed E-state index contributed by atoms with van der Waals surface area (Å²) in [5, 5.41) is 8.06. The summed E-state index contributed by atoms with van der Waals surface area (Å²) in [5.74, 6) is -0.521. The average molecular weight is 354 g/mol. The molecule has 0 aliphatic carbocycles.